The number of nitrogens with one attached hydrogen (secondary N) is 1. The van der Waals surface area contributed by atoms with Crippen molar-refractivity contribution in [2.24, 2.45) is 0 Å². The van der Waals surface area contributed by atoms with Crippen LogP contribution in [0.2, 0.25) is 10.0 Å². The third-order valence-corrected chi connectivity index (χ3v) is 6.53. The van der Waals surface area contributed by atoms with Crippen LogP contribution in [-0.4, -0.2) is 20.9 Å². The van der Waals surface area contributed by atoms with Gasteiger partial charge in [-0.2, -0.15) is 0 Å². The molecule has 1 aliphatic rings. The lowest BCUT2D eigenvalue weighted by molar-refractivity contribution is 0.221. The quantitative estimate of drug-likeness (QED) is 0.774. The second-order valence-corrected chi connectivity index (χ2v) is 9.75. The Morgan fingerprint density at radius 2 is 2.00 bits per heavy atom. The Morgan fingerprint density at radius 3 is 2.68 bits per heavy atom. The van der Waals surface area contributed by atoms with Crippen molar-refractivity contribution >= 4 is 34.6 Å². The number of hydrogen-bond acceptors (Lipinski definition) is 4. The van der Waals surface area contributed by atoms with Crippen LogP contribution >= 0.6 is 23.2 Å². The third kappa shape index (κ3) is 3.62. The largest absolute Gasteiger partial charge is 0.598 e. The van der Waals surface area contributed by atoms with E-state index < -0.39 is 21.6 Å². The highest BCUT2D eigenvalue weighted by Crippen LogP contribution is 2.43. The van der Waals surface area contributed by atoms with E-state index in [2.05, 4.69) is 9.71 Å². The minimum Gasteiger partial charge on any atom is -0.598 e. The zero-order valence-electron chi connectivity index (χ0n) is 14.3. The Kier molecular flexibility index (Phi) is 5.24. The summed E-state index contributed by atoms with van der Waals surface area (Å²) in [6, 6.07) is 9.14. The van der Waals surface area contributed by atoms with E-state index in [1.165, 1.54) is 0 Å². The van der Waals surface area contributed by atoms with Crippen molar-refractivity contribution in [3.05, 3.63) is 57.8 Å². The molecule has 7 heteroatoms. The molecular formula is C18H20Cl2N2O2S. The van der Waals surface area contributed by atoms with Gasteiger partial charge in [-0.3, -0.25) is 4.98 Å². The van der Waals surface area contributed by atoms with Crippen molar-refractivity contribution in [2.75, 3.05) is 6.61 Å². The number of rotatable bonds is 3. The van der Waals surface area contributed by atoms with Crippen molar-refractivity contribution in [3.63, 3.8) is 0 Å². The molecule has 0 spiro atoms. The fourth-order valence-corrected chi connectivity index (χ4v) is 4.01. The Balaban J connectivity index is 2.18. The lowest BCUT2D eigenvalue weighted by atomic mass is 9.82. The topological polar surface area (TPSA) is 57.2 Å². The average Bonchev–Trinajstić information content (AvgIpc) is 2.56. The number of hydrogen-bond donors (Lipinski definition) is 1. The average molecular weight is 399 g/mol. The molecule has 0 bridgehead atoms. The van der Waals surface area contributed by atoms with Crippen LogP contribution in [0.25, 0.3) is 0 Å². The number of benzene rings is 1. The van der Waals surface area contributed by atoms with Crippen LogP contribution in [0.3, 0.4) is 0 Å². The van der Waals surface area contributed by atoms with Crippen molar-refractivity contribution < 1.29 is 9.29 Å². The summed E-state index contributed by atoms with van der Waals surface area (Å²) in [7, 11) is 0. The van der Waals surface area contributed by atoms with Gasteiger partial charge in [-0.05, 0) is 50.6 Å². The molecular weight excluding hydrogens is 379 g/mol. The van der Waals surface area contributed by atoms with Gasteiger partial charge in [0, 0.05) is 24.0 Å². The maximum atomic E-state index is 12.9. The highest BCUT2D eigenvalue weighted by atomic mass is 35.5. The van der Waals surface area contributed by atoms with E-state index in [1.807, 2.05) is 39.0 Å². The fraction of sp³-hybridized carbons (Fsp3) is 0.389. The monoisotopic (exact) mass is 398 g/mol. The van der Waals surface area contributed by atoms with Crippen molar-refractivity contribution in [2.45, 2.75) is 37.5 Å². The standard InChI is InChI=1S/C18H20Cl2N2O2S/c1-17(2,3)25(23)22-18(12-6-7-13(19)14(20)11-12)8-10-24-15-5-4-9-21-16(15)18/h4-7,9,11,22H,8,10H2,1-3H3/t18-,25?/m0/s1. The molecule has 0 amide bonds. The summed E-state index contributed by atoms with van der Waals surface area (Å²) in [6.45, 7) is 6.26. The fourth-order valence-electron chi connectivity index (χ4n) is 2.77. The number of nitrogens with zero attached hydrogens (tertiary/aromatic N) is 1. The van der Waals surface area contributed by atoms with Crippen molar-refractivity contribution in [3.8, 4) is 5.75 Å². The van der Waals surface area contributed by atoms with E-state index in [0.29, 0.717) is 34.5 Å². The molecule has 4 nitrogen and oxygen atoms in total. The molecule has 2 atom stereocenters. The van der Waals surface area contributed by atoms with Gasteiger partial charge >= 0.3 is 0 Å². The Morgan fingerprint density at radius 1 is 1.24 bits per heavy atom. The molecule has 1 N–H and O–H groups in total. The van der Waals surface area contributed by atoms with Gasteiger partial charge in [-0.1, -0.05) is 29.3 Å². The third-order valence-electron chi connectivity index (χ3n) is 4.15. The summed E-state index contributed by atoms with van der Waals surface area (Å²) >= 11 is 11.0. The molecule has 0 aliphatic carbocycles. The Hall–Kier alpha value is -0.980. The number of aromatic nitrogens is 1. The van der Waals surface area contributed by atoms with E-state index in [0.717, 1.165) is 5.56 Å². The van der Waals surface area contributed by atoms with E-state index in [9.17, 15) is 4.55 Å². The van der Waals surface area contributed by atoms with Crippen molar-refractivity contribution in [1.29, 1.82) is 0 Å². The normalized spacial score (nSPS) is 21.4. The summed E-state index contributed by atoms with van der Waals surface area (Å²) in [5.74, 6) is 0.679. The molecule has 3 rings (SSSR count). The molecule has 1 aromatic carbocycles. The molecule has 1 aromatic heterocycles. The lowest BCUT2D eigenvalue weighted by Gasteiger charge is -2.40. The van der Waals surface area contributed by atoms with Gasteiger partial charge in [0.05, 0.1) is 16.7 Å². The van der Waals surface area contributed by atoms with Crippen LogP contribution in [0.15, 0.2) is 36.5 Å². The molecule has 25 heavy (non-hydrogen) atoms. The Bertz CT molecular complexity index is 782. The number of ether oxygens (including phenoxy) is 1. The van der Waals surface area contributed by atoms with Crippen molar-refractivity contribution in [1.82, 2.24) is 9.71 Å². The zero-order chi connectivity index (χ0) is 18.2. The van der Waals surface area contributed by atoms with Gasteiger partial charge in [0.1, 0.15) is 21.7 Å². The highest BCUT2D eigenvalue weighted by Gasteiger charge is 2.47. The number of halogens is 2. The van der Waals surface area contributed by atoms with Crippen LogP contribution in [0.1, 0.15) is 38.4 Å². The summed E-state index contributed by atoms with van der Waals surface area (Å²) < 4.78 is 21.6. The van der Waals surface area contributed by atoms with Gasteiger partial charge in [0.15, 0.2) is 0 Å². The minimum absolute atomic E-state index is 0.434. The summed E-state index contributed by atoms with van der Waals surface area (Å²) in [4.78, 5) is 4.54. The molecule has 2 heterocycles. The highest BCUT2D eigenvalue weighted by molar-refractivity contribution is 7.90. The first kappa shape index (κ1) is 18.8. The van der Waals surface area contributed by atoms with Gasteiger partial charge in [0.2, 0.25) is 0 Å². The van der Waals surface area contributed by atoms with Crippen LogP contribution in [-0.2, 0) is 16.9 Å². The van der Waals surface area contributed by atoms with E-state index in [-0.39, 0.29) is 0 Å². The van der Waals surface area contributed by atoms with Crippen LogP contribution in [0.5, 0.6) is 5.75 Å². The Labute approximate surface area is 161 Å². The molecule has 0 fully saturated rings. The molecule has 0 radical (unpaired) electrons. The molecule has 134 valence electrons. The van der Waals surface area contributed by atoms with Gasteiger partial charge in [0.25, 0.3) is 0 Å². The molecule has 0 saturated carbocycles. The first-order chi connectivity index (χ1) is 11.7. The second kappa shape index (κ2) is 6.97. The van der Waals surface area contributed by atoms with Crippen LogP contribution in [0, 0.1) is 0 Å². The minimum atomic E-state index is -1.32. The summed E-state index contributed by atoms with van der Waals surface area (Å²) in [6.07, 6.45) is 2.29. The maximum Gasteiger partial charge on any atom is 0.143 e. The lowest BCUT2D eigenvalue weighted by Crippen LogP contribution is -2.54. The van der Waals surface area contributed by atoms with E-state index in [4.69, 9.17) is 27.9 Å². The van der Waals surface area contributed by atoms with Crippen LogP contribution < -0.4 is 9.46 Å². The SMILES string of the molecule is CC(C)(C)[S+]([O-])N[C@]1(c2ccc(Cl)c(Cl)c2)CCOc2cccnc21. The van der Waals surface area contributed by atoms with E-state index in [1.54, 1.807) is 18.3 Å². The van der Waals surface area contributed by atoms with E-state index >= 15 is 0 Å². The molecule has 1 unspecified atom stereocenters. The maximum absolute atomic E-state index is 12.9. The summed E-state index contributed by atoms with van der Waals surface area (Å²) in [5.41, 5.74) is 0.807. The van der Waals surface area contributed by atoms with Gasteiger partial charge < -0.3 is 9.29 Å². The predicted octanol–water partition coefficient (Wildman–Crippen LogP) is 4.47. The molecule has 1 aliphatic heterocycles. The molecule has 2 aromatic rings. The predicted molar refractivity (Wildman–Crippen MR) is 103 cm³/mol. The smallest absolute Gasteiger partial charge is 0.143 e. The number of fused-ring (bicyclic) bond motifs is 1. The van der Waals surface area contributed by atoms with Gasteiger partial charge in [-0.25, -0.2) is 0 Å². The zero-order valence-corrected chi connectivity index (χ0v) is 16.6. The summed E-state index contributed by atoms with van der Waals surface area (Å²) in [5, 5.41) is 0.927. The number of pyridine rings is 1. The second-order valence-electron chi connectivity index (χ2n) is 6.97. The first-order valence-corrected chi connectivity index (χ1v) is 9.88. The van der Waals surface area contributed by atoms with Gasteiger partial charge in [-0.15, -0.1) is 4.72 Å². The first-order valence-electron chi connectivity index (χ1n) is 7.97. The molecule has 0 saturated heterocycles. The van der Waals surface area contributed by atoms with Crippen LogP contribution in [0.4, 0.5) is 0 Å².